The summed E-state index contributed by atoms with van der Waals surface area (Å²) in [6.07, 6.45) is -0.235. The maximum atomic E-state index is 14.1. The van der Waals surface area contributed by atoms with Gasteiger partial charge in [-0.25, -0.2) is 0 Å². The van der Waals surface area contributed by atoms with E-state index >= 15 is 0 Å². The van der Waals surface area contributed by atoms with Crippen LogP contribution in [0.4, 0.5) is 0 Å². The Kier molecular flexibility index (Phi) is 7.59. The van der Waals surface area contributed by atoms with Gasteiger partial charge in [0.2, 0.25) is 22.7 Å². The molecule has 8 nitrogen and oxygen atoms in total. The van der Waals surface area contributed by atoms with Gasteiger partial charge in [-0.15, -0.1) is 0 Å². The summed E-state index contributed by atoms with van der Waals surface area (Å²) in [6, 6.07) is 13.4. The van der Waals surface area contributed by atoms with Gasteiger partial charge in [0.05, 0.1) is 41.1 Å². The summed E-state index contributed by atoms with van der Waals surface area (Å²) in [5.74, 6) is 1.15. The van der Waals surface area contributed by atoms with Crippen LogP contribution in [-0.2, 0) is 6.42 Å². The largest absolute Gasteiger partial charge is 0.497 e. The monoisotopic (exact) mass is 524 g/mol. The molecule has 1 aromatic heterocycles. The predicted molar refractivity (Wildman–Crippen MR) is 140 cm³/mol. The molecule has 0 N–H and O–H groups in total. The van der Waals surface area contributed by atoms with Crippen molar-refractivity contribution in [3.05, 3.63) is 74.9 Å². The van der Waals surface area contributed by atoms with Crippen LogP contribution in [-0.4, -0.2) is 41.3 Å². The highest BCUT2D eigenvalue weighted by molar-refractivity contribution is 6.30. The second kappa shape index (κ2) is 10.8. The maximum Gasteiger partial charge on any atom is 0.211 e. The van der Waals surface area contributed by atoms with Gasteiger partial charge in [0.1, 0.15) is 16.9 Å². The van der Waals surface area contributed by atoms with Gasteiger partial charge in [-0.3, -0.25) is 9.59 Å². The van der Waals surface area contributed by atoms with Crippen LogP contribution in [0.25, 0.3) is 22.3 Å². The van der Waals surface area contributed by atoms with E-state index in [1.807, 2.05) is 0 Å². The first-order valence-electron chi connectivity index (χ1n) is 11.2. The second-order valence-corrected chi connectivity index (χ2v) is 8.35. The molecule has 192 valence electrons. The van der Waals surface area contributed by atoms with Crippen LogP contribution in [0.15, 0.2) is 57.7 Å². The van der Waals surface area contributed by atoms with Gasteiger partial charge in [0.25, 0.3) is 0 Å². The highest BCUT2D eigenvalue weighted by Crippen LogP contribution is 2.50. The van der Waals surface area contributed by atoms with E-state index in [9.17, 15) is 9.59 Å². The van der Waals surface area contributed by atoms with E-state index < -0.39 is 5.43 Å². The zero-order valence-electron chi connectivity index (χ0n) is 21.0. The zero-order valence-corrected chi connectivity index (χ0v) is 21.7. The highest BCUT2D eigenvalue weighted by atomic mass is 35.5. The number of halogens is 1. The molecule has 9 heteroatoms. The van der Waals surface area contributed by atoms with Crippen molar-refractivity contribution in [2.45, 2.75) is 6.42 Å². The molecule has 0 aliphatic heterocycles. The van der Waals surface area contributed by atoms with Crippen LogP contribution in [0.3, 0.4) is 0 Å². The lowest BCUT2D eigenvalue weighted by Gasteiger charge is -2.19. The Morgan fingerprint density at radius 1 is 0.757 bits per heavy atom. The fourth-order valence-corrected chi connectivity index (χ4v) is 4.27. The third-order valence-electron chi connectivity index (χ3n) is 5.93. The third-order valence-corrected chi connectivity index (χ3v) is 6.18. The van der Waals surface area contributed by atoms with Gasteiger partial charge in [0.15, 0.2) is 17.1 Å². The number of ether oxygens (including phenoxy) is 5. The minimum atomic E-state index is -0.467. The Hall–Kier alpha value is -4.17. The predicted octanol–water partition coefficient (Wildman–Crippen LogP) is 5.58. The number of benzene rings is 3. The molecular weight excluding hydrogens is 500 g/mol. The third kappa shape index (κ3) is 4.68. The molecule has 3 aromatic carbocycles. The lowest BCUT2D eigenvalue weighted by Crippen LogP contribution is -2.17. The van der Waals surface area contributed by atoms with E-state index in [4.69, 9.17) is 39.7 Å². The molecule has 0 fully saturated rings. The molecule has 0 spiro atoms. The zero-order chi connectivity index (χ0) is 26.7. The Labute approximate surface area is 218 Å². The minimum Gasteiger partial charge on any atom is -0.497 e. The molecule has 0 bridgehead atoms. The molecule has 0 saturated carbocycles. The first-order valence-corrected chi connectivity index (χ1v) is 11.5. The highest BCUT2D eigenvalue weighted by Gasteiger charge is 2.30. The Morgan fingerprint density at radius 3 is 1.86 bits per heavy atom. The van der Waals surface area contributed by atoms with Crippen molar-refractivity contribution in [3.8, 4) is 40.1 Å². The number of carbonyl (C=O) groups is 1. The van der Waals surface area contributed by atoms with Gasteiger partial charge in [0, 0.05) is 22.6 Å². The molecule has 37 heavy (non-hydrogen) atoms. The van der Waals surface area contributed by atoms with Crippen LogP contribution in [0.5, 0.6) is 28.7 Å². The first-order chi connectivity index (χ1) is 17.9. The molecule has 0 saturated heterocycles. The van der Waals surface area contributed by atoms with Gasteiger partial charge < -0.3 is 28.1 Å². The van der Waals surface area contributed by atoms with E-state index in [1.165, 1.54) is 28.4 Å². The normalized spacial score (nSPS) is 10.8. The maximum absolute atomic E-state index is 14.1. The quantitative estimate of drug-likeness (QED) is 0.262. The topological polar surface area (TPSA) is 93.4 Å². The molecule has 0 aliphatic carbocycles. The average Bonchev–Trinajstić information content (AvgIpc) is 2.93. The molecule has 0 unspecified atom stereocenters. The van der Waals surface area contributed by atoms with Crippen molar-refractivity contribution >= 4 is 28.4 Å². The summed E-state index contributed by atoms with van der Waals surface area (Å²) in [6.45, 7) is 0. The Bertz CT molecular complexity index is 1510. The van der Waals surface area contributed by atoms with Crippen molar-refractivity contribution in [2.75, 3.05) is 35.5 Å². The number of Topliss-reactive ketones (excluding diaryl/α,β-unsaturated/α-hetero) is 1. The fourth-order valence-electron chi connectivity index (χ4n) is 4.15. The van der Waals surface area contributed by atoms with Crippen LogP contribution in [0.2, 0.25) is 5.02 Å². The number of hydrogen-bond donors (Lipinski definition) is 0. The van der Waals surface area contributed by atoms with Crippen molar-refractivity contribution in [1.29, 1.82) is 0 Å². The van der Waals surface area contributed by atoms with Crippen LogP contribution in [0, 0.1) is 0 Å². The number of methoxy groups -OCH3 is 5. The molecule has 4 rings (SSSR count). The number of rotatable bonds is 9. The van der Waals surface area contributed by atoms with Gasteiger partial charge >= 0.3 is 0 Å². The van der Waals surface area contributed by atoms with E-state index in [0.29, 0.717) is 21.9 Å². The summed E-state index contributed by atoms with van der Waals surface area (Å²) in [4.78, 5) is 27.3. The Morgan fingerprint density at radius 2 is 1.32 bits per heavy atom. The van der Waals surface area contributed by atoms with Crippen molar-refractivity contribution < 1.29 is 32.9 Å². The van der Waals surface area contributed by atoms with Crippen LogP contribution >= 0.6 is 11.6 Å². The average molecular weight is 525 g/mol. The van der Waals surface area contributed by atoms with Crippen LogP contribution in [0.1, 0.15) is 15.9 Å². The lowest BCUT2D eigenvalue weighted by molar-refractivity contribution is 0.0992. The van der Waals surface area contributed by atoms with Crippen molar-refractivity contribution in [1.82, 2.24) is 0 Å². The molecule has 0 radical (unpaired) electrons. The van der Waals surface area contributed by atoms with Crippen molar-refractivity contribution in [3.63, 3.8) is 0 Å². The molecule has 0 aliphatic rings. The fraction of sp³-hybridized carbons (Fsp3) is 0.214. The first kappa shape index (κ1) is 25.9. The summed E-state index contributed by atoms with van der Waals surface area (Å²) in [5, 5.41) is 0.562. The molecular formula is C28H25ClO8. The summed E-state index contributed by atoms with van der Waals surface area (Å²) in [5.41, 5.74) is 0.738. The second-order valence-electron chi connectivity index (χ2n) is 7.91. The number of fused-ring (bicyclic) bond motifs is 1. The summed E-state index contributed by atoms with van der Waals surface area (Å²) >= 11 is 5.98. The number of carbonyl (C=O) groups excluding carboxylic acids is 1. The summed E-state index contributed by atoms with van der Waals surface area (Å²) in [7, 11) is 7.24. The van der Waals surface area contributed by atoms with Crippen molar-refractivity contribution in [2.24, 2.45) is 0 Å². The summed E-state index contributed by atoms with van der Waals surface area (Å²) < 4.78 is 33.8. The van der Waals surface area contributed by atoms with E-state index in [0.717, 1.165) is 0 Å². The van der Waals surface area contributed by atoms with E-state index in [1.54, 1.807) is 55.6 Å². The van der Waals surface area contributed by atoms with E-state index in [2.05, 4.69) is 0 Å². The molecule has 0 amide bonds. The van der Waals surface area contributed by atoms with Gasteiger partial charge in [-0.05, 0) is 48.5 Å². The van der Waals surface area contributed by atoms with E-state index in [-0.39, 0.29) is 57.5 Å². The van der Waals surface area contributed by atoms with Gasteiger partial charge in [-0.2, -0.15) is 0 Å². The van der Waals surface area contributed by atoms with Crippen LogP contribution < -0.4 is 29.1 Å². The van der Waals surface area contributed by atoms with Gasteiger partial charge in [-0.1, -0.05) is 11.6 Å². The molecule has 1 heterocycles. The Balaban J connectivity index is 2.07. The lowest BCUT2D eigenvalue weighted by atomic mass is 9.97. The minimum absolute atomic E-state index is 0.0631. The molecule has 0 atom stereocenters. The standard InChI is InChI=1S/C28H25ClO8/c1-32-18-12-8-16(9-13-18)23-19(14-20(30)15-6-10-17(29)11-7-15)22(31)21-24(33-2)26(34-3)28(36-5)27(35-4)25(21)37-23/h6-13H,14H2,1-5H3. The SMILES string of the molecule is COc1ccc(-c2oc3c(OC)c(OC)c(OC)c(OC)c3c(=O)c2CC(=O)c2ccc(Cl)cc2)cc1. The smallest absolute Gasteiger partial charge is 0.211 e. The number of ketones is 1. The molecule has 4 aromatic rings. The number of hydrogen-bond acceptors (Lipinski definition) is 8.